The number of nitrogens with zero attached hydrogens (tertiary/aromatic N) is 4. The maximum absolute atomic E-state index is 14.0. The van der Waals surface area contributed by atoms with Crippen LogP contribution in [0, 0.1) is 12.7 Å². The van der Waals surface area contributed by atoms with Gasteiger partial charge in [-0.1, -0.05) is 11.6 Å². The van der Waals surface area contributed by atoms with Crippen LogP contribution in [0.15, 0.2) is 22.7 Å². The fourth-order valence-corrected chi connectivity index (χ4v) is 2.77. The third kappa shape index (κ3) is 2.91. The average molecular weight is 318 g/mol. The van der Waals surface area contributed by atoms with Crippen molar-refractivity contribution in [1.82, 2.24) is 15.0 Å². The van der Waals surface area contributed by atoms with Crippen LogP contribution in [0.3, 0.4) is 0 Å². The number of hydrogen-bond donors (Lipinski definition) is 0. The number of likely N-dealkylation sites (tertiary alicyclic amines) is 1. The molecule has 7 heteroatoms. The molecule has 0 spiro atoms. The minimum Gasteiger partial charge on any atom is -0.344 e. The average Bonchev–Trinajstić information content (AvgIpc) is 3.16. The van der Waals surface area contributed by atoms with E-state index >= 15 is 0 Å². The van der Waals surface area contributed by atoms with E-state index in [1.807, 2.05) is 21.0 Å². The molecule has 1 aliphatic heterocycles. The zero-order chi connectivity index (χ0) is 16.6. The van der Waals surface area contributed by atoms with Crippen LogP contribution in [0.5, 0.6) is 0 Å². The molecule has 1 aromatic heterocycles. The summed E-state index contributed by atoms with van der Waals surface area (Å²) in [6.07, 6.45) is 1.55. The number of aromatic nitrogens is 2. The van der Waals surface area contributed by atoms with E-state index in [-0.39, 0.29) is 17.5 Å². The van der Waals surface area contributed by atoms with Gasteiger partial charge in [0.15, 0.2) is 0 Å². The van der Waals surface area contributed by atoms with Gasteiger partial charge in [-0.2, -0.15) is 4.98 Å². The summed E-state index contributed by atoms with van der Waals surface area (Å²) < 4.78 is 19.3. The van der Waals surface area contributed by atoms with E-state index in [1.165, 1.54) is 6.07 Å². The van der Waals surface area contributed by atoms with Gasteiger partial charge in [-0.15, -0.1) is 0 Å². The largest absolute Gasteiger partial charge is 0.344 e. The second-order valence-electron chi connectivity index (χ2n) is 5.97. The SMILES string of the molecule is Cc1ccc(F)c(C(=O)N2CCC[C@H]2c2nc(N(C)C)no2)c1. The summed E-state index contributed by atoms with van der Waals surface area (Å²) in [5.74, 6) is 0.0118. The topological polar surface area (TPSA) is 62.5 Å². The molecule has 1 fully saturated rings. The first-order chi connectivity index (χ1) is 11.0. The number of anilines is 1. The minimum atomic E-state index is -0.509. The van der Waals surface area contributed by atoms with Crippen molar-refractivity contribution >= 4 is 11.9 Å². The fourth-order valence-electron chi connectivity index (χ4n) is 2.77. The molecule has 0 aliphatic carbocycles. The van der Waals surface area contributed by atoms with Gasteiger partial charge in [-0.05, 0) is 37.1 Å². The van der Waals surface area contributed by atoms with Crippen molar-refractivity contribution < 1.29 is 13.7 Å². The molecular formula is C16H19FN4O2. The Morgan fingerprint density at radius 1 is 1.43 bits per heavy atom. The van der Waals surface area contributed by atoms with Crippen molar-refractivity contribution in [1.29, 1.82) is 0 Å². The molecule has 1 saturated heterocycles. The van der Waals surface area contributed by atoms with E-state index in [2.05, 4.69) is 10.1 Å². The first kappa shape index (κ1) is 15.5. The zero-order valence-corrected chi connectivity index (χ0v) is 13.4. The first-order valence-electron chi connectivity index (χ1n) is 7.55. The van der Waals surface area contributed by atoms with E-state index in [0.717, 1.165) is 18.4 Å². The van der Waals surface area contributed by atoms with Crippen molar-refractivity contribution in [2.45, 2.75) is 25.8 Å². The van der Waals surface area contributed by atoms with Crippen LogP contribution in [0.4, 0.5) is 10.3 Å². The van der Waals surface area contributed by atoms with Gasteiger partial charge in [0.05, 0.1) is 5.56 Å². The van der Waals surface area contributed by atoms with Gasteiger partial charge in [0.25, 0.3) is 17.7 Å². The lowest BCUT2D eigenvalue weighted by Crippen LogP contribution is -2.31. The maximum Gasteiger partial charge on any atom is 0.265 e. The summed E-state index contributed by atoms with van der Waals surface area (Å²) >= 11 is 0. The van der Waals surface area contributed by atoms with Crippen molar-refractivity contribution in [2.24, 2.45) is 0 Å². The molecule has 3 rings (SSSR count). The van der Waals surface area contributed by atoms with Crippen LogP contribution in [-0.4, -0.2) is 41.6 Å². The molecule has 1 amide bonds. The Morgan fingerprint density at radius 2 is 2.22 bits per heavy atom. The van der Waals surface area contributed by atoms with Gasteiger partial charge < -0.3 is 14.3 Å². The monoisotopic (exact) mass is 318 g/mol. The lowest BCUT2D eigenvalue weighted by atomic mass is 10.1. The Balaban J connectivity index is 1.88. The minimum absolute atomic E-state index is 0.0873. The van der Waals surface area contributed by atoms with Gasteiger partial charge in [-0.25, -0.2) is 4.39 Å². The third-order valence-electron chi connectivity index (χ3n) is 3.98. The van der Waals surface area contributed by atoms with Crippen LogP contribution < -0.4 is 4.90 Å². The summed E-state index contributed by atoms with van der Waals surface area (Å²) in [6, 6.07) is 4.24. The maximum atomic E-state index is 14.0. The number of carbonyl (C=O) groups excluding carboxylic acids is 1. The second kappa shape index (κ2) is 5.98. The van der Waals surface area contributed by atoms with E-state index in [0.29, 0.717) is 18.4 Å². The highest BCUT2D eigenvalue weighted by molar-refractivity contribution is 5.95. The Kier molecular flexibility index (Phi) is 4.02. The van der Waals surface area contributed by atoms with Crippen molar-refractivity contribution in [3.05, 3.63) is 41.0 Å². The predicted molar refractivity (Wildman–Crippen MR) is 82.8 cm³/mol. The Hall–Kier alpha value is -2.44. The molecule has 0 unspecified atom stereocenters. The Morgan fingerprint density at radius 3 is 2.91 bits per heavy atom. The number of benzene rings is 1. The molecule has 0 N–H and O–H groups in total. The van der Waals surface area contributed by atoms with Crippen LogP contribution in [-0.2, 0) is 0 Å². The lowest BCUT2D eigenvalue weighted by Gasteiger charge is -2.22. The second-order valence-corrected chi connectivity index (χ2v) is 5.97. The van der Waals surface area contributed by atoms with E-state index in [1.54, 1.807) is 21.9 Å². The predicted octanol–water partition coefficient (Wildman–Crippen LogP) is 2.56. The van der Waals surface area contributed by atoms with Crippen molar-refractivity contribution in [3.8, 4) is 0 Å². The summed E-state index contributed by atoms with van der Waals surface area (Å²) in [7, 11) is 3.63. The number of halogens is 1. The van der Waals surface area contributed by atoms with E-state index < -0.39 is 5.82 Å². The Bertz CT molecular complexity index is 729. The summed E-state index contributed by atoms with van der Waals surface area (Å²) in [5, 5.41) is 3.89. The summed E-state index contributed by atoms with van der Waals surface area (Å²) in [5.41, 5.74) is 0.933. The molecule has 23 heavy (non-hydrogen) atoms. The standard InChI is InChI=1S/C16H19FN4O2/c1-10-6-7-12(17)11(9-10)15(22)21-8-4-5-13(21)14-18-16(19-23-14)20(2)3/h6-7,9,13H,4-5,8H2,1-3H3/t13-/m0/s1. The molecule has 122 valence electrons. The van der Waals surface area contributed by atoms with Gasteiger partial charge in [0.2, 0.25) is 0 Å². The molecular weight excluding hydrogens is 299 g/mol. The normalized spacial score (nSPS) is 17.6. The van der Waals surface area contributed by atoms with Crippen LogP contribution in [0.1, 0.15) is 40.7 Å². The molecule has 2 heterocycles. The van der Waals surface area contributed by atoms with E-state index in [4.69, 9.17) is 4.52 Å². The fraction of sp³-hybridized carbons (Fsp3) is 0.438. The van der Waals surface area contributed by atoms with Gasteiger partial charge >= 0.3 is 0 Å². The molecule has 0 bridgehead atoms. The van der Waals surface area contributed by atoms with Gasteiger partial charge in [0, 0.05) is 20.6 Å². The Labute approximate surface area is 133 Å². The van der Waals surface area contributed by atoms with E-state index in [9.17, 15) is 9.18 Å². The third-order valence-corrected chi connectivity index (χ3v) is 3.98. The number of rotatable bonds is 3. The molecule has 0 radical (unpaired) electrons. The molecule has 1 aromatic carbocycles. The smallest absolute Gasteiger partial charge is 0.265 e. The number of hydrogen-bond acceptors (Lipinski definition) is 5. The van der Waals surface area contributed by atoms with Gasteiger partial charge in [-0.3, -0.25) is 4.79 Å². The summed E-state index contributed by atoms with van der Waals surface area (Å²) in [4.78, 5) is 20.4. The highest BCUT2D eigenvalue weighted by Gasteiger charge is 2.35. The van der Waals surface area contributed by atoms with Crippen LogP contribution in [0.25, 0.3) is 0 Å². The highest BCUT2D eigenvalue weighted by atomic mass is 19.1. The number of amides is 1. The number of carbonyl (C=O) groups is 1. The molecule has 1 atom stereocenters. The van der Waals surface area contributed by atoms with Crippen molar-refractivity contribution in [3.63, 3.8) is 0 Å². The lowest BCUT2D eigenvalue weighted by molar-refractivity contribution is 0.0705. The van der Waals surface area contributed by atoms with Crippen molar-refractivity contribution in [2.75, 3.05) is 25.5 Å². The quantitative estimate of drug-likeness (QED) is 0.870. The number of aryl methyl sites for hydroxylation is 1. The van der Waals surface area contributed by atoms with Gasteiger partial charge in [0.1, 0.15) is 11.9 Å². The molecule has 1 aliphatic rings. The highest BCUT2D eigenvalue weighted by Crippen LogP contribution is 2.33. The zero-order valence-electron chi connectivity index (χ0n) is 13.4. The first-order valence-corrected chi connectivity index (χ1v) is 7.55. The van der Waals surface area contributed by atoms with Crippen LogP contribution in [0.2, 0.25) is 0 Å². The van der Waals surface area contributed by atoms with Crippen LogP contribution >= 0.6 is 0 Å². The molecule has 6 nitrogen and oxygen atoms in total. The summed E-state index contributed by atoms with van der Waals surface area (Å²) in [6.45, 7) is 2.38. The molecule has 0 saturated carbocycles. The molecule has 2 aromatic rings.